The molecular weight excluding hydrogens is 461 g/mol. The van der Waals surface area contributed by atoms with Crippen molar-refractivity contribution in [2.45, 2.75) is 12.5 Å². The number of hydrogen-bond acceptors (Lipinski definition) is 10. The third kappa shape index (κ3) is 5.06. The maximum atomic E-state index is 9.91. The van der Waals surface area contributed by atoms with Crippen LogP contribution in [0.25, 0.3) is 11.1 Å². The van der Waals surface area contributed by atoms with E-state index in [1.54, 1.807) is 31.4 Å². The Morgan fingerprint density at radius 2 is 1.65 bits per heavy atom. The lowest BCUT2D eigenvalue weighted by molar-refractivity contribution is 0.0491. The van der Waals surface area contributed by atoms with Gasteiger partial charge in [-0.05, 0) is 42.3 Å². The average Bonchev–Trinajstić information content (AvgIpc) is 3.27. The smallest absolute Gasteiger partial charge is 0.209 e. The molecule has 1 N–H and O–H groups in total. The summed E-state index contributed by atoms with van der Waals surface area (Å²) in [6.07, 6.45) is -0.246. The Kier molecular flexibility index (Phi) is 8.45. The van der Waals surface area contributed by atoms with E-state index in [2.05, 4.69) is 5.16 Å². The summed E-state index contributed by atoms with van der Waals surface area (Å²) in [5, 5.41) is 13.5. The fourth-order valence-electron chi connectivity index (χ4n) is 3.89. The summed E-state index contributed by atoms with van der Waals surface area (Å²) in [5.74, 6) is 2.33. The second-order valence-electron chi connectivity index (χ2n) is 7.05. The van der Waals surface area contributed by atoms with Crippen LogP contribution in [0, 0.1) is 0 Å². The van der Waals surface area contributed by atoms with E-state index in [4.69, 9.17) is 33.9 Å². The second-order valence-corrected chi connectivity index (χ2v) is 7.44. The first-order valence-corrected chi connectivity index (χ1v) is 10.9. The molecule has 2 aromatic carbocycles. The minimum Gasteiger partial charge on any atom is -0.493 e. The first-order chi connectivity index (χ1) is 17.1. The van der Waals surface area contributed by atoms with E-state index in [1.165, 1.54) is 28.4 Å². The van der Waals surface area contributed by atoms with Crippen LogP contribution >= 0.6 is 11.9 Å². The van der Waals surface area contributed by atoms with Crippen molar-refractivity contribution < 1.29 is 37.8 Å². The van der Waals surface area contributed by atoms with E-state index < -0.39 is 6.10 Å². The first kappa shape index (κ1) is 24.1. The Labute approximate surface area is 205 Å². The van der Waals surface area contributed by atoms with Crippen LogP contribution in [-0.2, 0) is 8.92 Å². The molecule has 0 heterocycles. The van der Waals surface area contributed by atoms with E-state index in [0.717, 1.165) is 30.1 Å². The van der Waals surface area contributed by atoms with E-state index >= 15 is 0 Å². The normalized spacial score (nSPS) is 16.9. The van der Waals surface area contributed by atoms with E-state index in [-0.39, 0.29) is 13.2 Å². The van der Waals surface area contributed by atoms with Gasteiger partial charge in [0.15, 0.2) is 29.8 Å². The van der Waals surface area contributed by atoms with Crippen LogP contribution in [0.5, 0.6) is 28.7 Å². The Hall–Kier alpha value is -3.02. The lowest BCUT2D eigenvalue weighted by Crippen LogP contribution is -2.09. The van der Waals surface area contributed by atoms with Gasteiger partial charge in [0, 0.05) is 19.1 Å². The molecule has 0 saturated heterocycles. The molecule has 0 spiro atoms. The maximum Gasteiger partial charge on any atom is 0.209 e. The molecule has 0 saturated carbocycles. The van der Waals surface area contributed by atoms with Crippen LogP contribution in [0.15, 0.2) is 35.5 Å². The highest BCUT2D eigenvalue weighted by molar-refractivity contribution is 8.15. The molecule has 0 bridgehead atoms. The Balaban J connectivity index is 2.29. The van der Waals surface area contributed by atoms with Crippen molar-refractivity contribution in [2.75, 3.05) is 42.3 Å². The van der Waals surface area contributed by atoms with Gasteiger partial charge in [0.25, 0.3) is 0 Å². The Bertz CT molecular complexity index is 1070. The van der Waals surface area contributed by atoms with Gasteiger partial charge in [0.05, 0.1) is 34.2 Å². The van der Waals surface area contributed by atoms with Gasteiger partial charge >= 0.3 is 0 Å². The molecule has 0 aromatic heterocycles. The fraction of sp³-hybridized carbons (Fsp3) is 0.348. The predicted octanol–water partition coefficient (Wildman–Crippen LogP) is 3.70. The van der Waals surface area contributed by atoms with Crippen LogP contribution in [0.1, 0.15) is 17.5 Å². The lowest BCUT2D eigenvalue weighted by Gasteiger charge is -2.18. The summed E-state index contributed by atoms with van der Waals surface area (Å²) in [7, 11) is 8.75. The molecule has 3 rings (SSSR count). The van der Waals surface area contributed by atoms with Gasteiger partial charge in [-0.15, -0.1) is 0 Å². The van der Waals surface area contributed by atoms with Crippen molar-refractivity contribution in [3.63, 3.8) is 0 Å². The number of nitrogens with zero attached hydrogens (tertiary/aromatic N) is 1. The molecule has 0 fully saturated rings. The first-order valence-electron chi connectivity index (χ1n) is 10.7. The minimum absolute atomic E-state index is 0.0333. The van der Waals surface area contributed by atoms with Crippen molar-refractivity contribution in [1.29, 1.82) is 1.34 Å². The minimum atomic E-state index is -0.523. The van der Waals surface area contributed by atoms with Crippen molar-refractivity contribution in [3.05, 3.63) is 41.5 Å². The zero-order valence-corrected chi connectivity index (χ0v) is 20.4. The molecule has 181 valence electrons. The fourth-order valence-corrected chi connectivity index (χ4v) is 4.19. The zero-order chi connectivity index (χ0) is 25.4. The molecule has 1 unspecified atom stereocenters. The number of rotatable bonds is 12. The van der Waals surface area contributed by atoms with Crippen LogP contribution in [-0.4, -0.2) is 67.8 Å². The largest absolute Gasteiger partial charge is 0.493 e. The SMILES string of the molecule is [3H][B]SOC1C/C(=N\O)C(c2cc(OC)c(OC)c(OC)c2)=C1c1ccc(OC)c(OCOC)c1. The number of benzene rings is 2. The van der Waals surface area contributed by atoms with Crippen molar-refractivity contribution in [1.82, 2.24) is 0 Å². The van der Waals surface area contributed by atoms with E-state index in [0.29, 0.717) is 45.6 Å². The van der Waals surface area contributed by atoms with Gasteiger partial charge in [-0.3, -0.25) is 0 Å². The van der Waals surface area contributed by atoms with E-state index in [1.807, 2.05) is 6.07 Å². The van der Waals surface area contributed by atoms with Gasteiger partial charge in [0.1, 0.15) is 6.10 Å². The monoisotopic (exact) mass is 490 g/mol. The summed E-state index contributed by atoms with van der Waals surface area (Å²) in [6, 6.07) is 8.99. The van der Waals surface area contributed by atoms with E-state index in [9.17, 15) is 5.21 Å². The number of allylic oxidation sites excluding steroid dienone is 1. The number of ether oxygens (including phenoxy) is 6. The average molecular weight is 490 g/mol. The molecule has 9 nitrogen and oxygen atoms in total. The van der Waals surface area contributed by atoms with Crippen LogP contribution in [0.3, 0.4) is 0 Å². The molecule has 1 aliphatic carbocycles. The van der Waals surface area contributed by atoms with Crippen molar-refractivity contribution >= 4 is 35.8 Å². The third-order valence-corrected chi connectivity index (χ3v) is 5.65. The lowest BCUT2D eigenvalue weighted by atomic mass is 9.94. The number of hydrogen-bond donors (Lipinski definition) is 1. The molecule has 1 radical (unpaired) electrons. The summed E-state index contributed by atoms with van der Waals surface area (Å²) in [5.41, 5.74) is 3.18. The molecular formula is C23H27BNO8S. The summed E-state index contributed by atoms with van der Waals surface area (Å²) in [4.78, 5) is 0. The summed E-state index contributed by atoms with van der Waals surface area (Å²) in [6.45, 7) is 0.0333. The van der Waals surface area contributed by atoms with Gasteiger partial charge in [0.2, 0.25) is 12.8 Å². The molecule has 34 heavy (non-hydrogen) atoms. The quantitative estimate of drug-likeness (QED) is 0.157. The standard InChI is InChI=1S/C23H27BNO8S/c1-27-12-32-17-8-13(6-7-16(17)28-2)22-18(33-34-24)11-15(25-26)21(22)14-9-19(29-3)23(31-5)20(10-14)30-4/h6-10,18,24,26H,11-12H2,1-5H3/b25-15+/i24T. The van der Waals surface area contributed by atoms with Crippen molar-refractivity contribution in [2.24, 2.45) is 5.16 Å². The third-order valence-electron chi connectivity index (χ3n) is 5.31. The predicted molar refractivity (Wildman–Crippen MR) is 132 cm³/mol. The molecule has 0 amide bonds. The zero-order valence-electron chi connectivity index (χ0n) is 20.6. The Morgan fingerprint density at radius 1 is 0.971 bits per heavy atom. The van der Waals surface area contributed by atoms with Gasteiger partial charge in [-0.25, -0.2) is 0 Å². The maximum absolute atomic E-state index is 9.91. The van der Waals surface area contributed by atoms with Gasteiger partial charge in [-0.2, -0.15) is 0 Å². The topological polar surface area (TPSA) is 97.2 Å². The molecule has 1 atom stereocenters. The van der Waals surface area contributed by atoms with Gasteiger partial charge in [-0.1, -0.05) is 23.1 Å². The molecule has 1 aliphatic rings. The summed E-state index contributed by atoms with van der Waals surface area (Å²) < 4.78 is 45.9. The highest BCUT2D eigenvalue weighted by atomic mass is 32.2. The van der Waals surface area contributed by atoms with Crippen molar-refractivity contribution in [3.8, 4) is 28.7 Å². The Morgan fingerprint density at radius 3 is 2.21 bits per heavy atom. The molecule has 2 aromatic rings. The van der Waals surface area contributed by atoms with Crippen LogP contribution in [0.2, 0.25) is 0 Å². The molecule has 11 heteroatoms. The molecule has 0 aliphatic heterocycles. The number of methoxy groups -OCH3 is 5. The van der Waals surface area contributed by atoms with Crippen LogP contribution < -0.4 is 23.7 Å². The van der Waals surface area contributed by atoms with Crippen LogP contribution in [0.4, 0.5) is 0 Å². The second kappa shape index (κ2) is 11.9. The van der Waals surface area contributed by atoms with Gasteiger partial charge < -0.3 is 37.8 Å². The summed E-state index contributed by atoms with van der Waals surface area (Å²) >= 11 is 0.886. The number of oxime groups is 1. The highest BCUT2D eigenvalue weighted by Crippen LogP contribution is 2.47. The highest BCUT2D eigenvalue weighted by Gasteiger charge is 2.35.